The van der Waals surface area contributed by atoms with Crippen LogP contribution in [0.5, 0.6) is 5.75 Å². The van der Waals surface area contributed by atoms with E-state index in [9.17, 15) is 18.0 Å². The summed E-state index contributed by atoms with van der Waals surface area (Å²) < 4.78 is 37.9. The Morgan fingerprint density at radius 2 is 1.62 bits per heavy atom. The minimum atomic E-state index is -4.03. The van der Waals surface area contributed by atoms with E-state index >= 15 is 0 Å². The fraction of sp³-hybridized carbons (Fsp3) is 0.0909. The third-order valence-corrected chi connectivity index (χ3v) is 5.97. The number of esters is 1. The van der Waals surface area contributed by atoms with Crippen LogP contribution in [-0.2, 0) is 14.8 Å². The number of rotatable bonds is 7. The molecule has 0 radical (unpaired) electrons. The molecule has 3 aromatic carbocycles. The number of methoxy groups -OCH3 is 2. The van der Waals surface area contributed by atoms with Crippen molar-refractivity contribution in [3.8, 4) is 5.75 Å². The highest BCUT2D eigenvalue weighted by atomic mass is 35.5. The number of carbonyl (C=O) groups is 2. The molecule has 10 heteroatoms. The van der Waals surface area contributed by atoms with Crippen LogP contribution in [0.15, 0.2) is 71.6 Å². The molecule has 0 fully saturated rings. The minimum absolute atomic E-state index is 0.117. The van der Waals surface area contributed by atoms with Crippen molar-refractivity contribution in [1.82, 2.24) is 0 Å². The second kappa shape index (κ2) is 9.71. The van der Waals surface area contributed by atoms with Gasteiger partial charge in [-0.15, -0.1) is 0 Å². The van der Waals surface area contributed by atoms with Gasteiger partial charge in [-0.3, -0.25) is 9.52 Å². The van der Waals surface area contributed by atoms with E-state index in [1.807, 2.05) is 0 Å². The highest BCUT2D eigenvalue weighted by Gasteiger charge is 2.19. The maximum absolute atomic E-state index is 12.9. The predicted molar refractivity (Wildman–Crippen MR) is 121 cm³/mol. The van der Waals surface area contributed by atoms with Gasteiger partial charge in [0.25, 0.3) is 15.9 Å². The number of halogens is 1. The largest absolute Gasteiger partial charge is 0.495 e. The Balaban J connectivity index is 1.80. The van der Waals surface area contributed by atoms with Crippen molar-refractivity contribution in [2.75, 3.05) is 24.3 Å². The maximum Gasteiger partial charge on any atom is 0.337 e. The van der Waals surface area contributed by atoms with Crippen LogP contribution in [0.1, 0.15) is 20.7 Å². The predicted octanol–water partition coefficient (Wildman–Crippen LogP) is 4.19. The zero-order valence-electron chi connectivity index (χ0n) is 17.1. The third kappa shape index (κ3) is 5.37. The van der Waals surface area contributed by atoms with Crippen molar-refractivity contribution in [1.29, 1.82) is 0 Å². The molecule has 0 spiro atoms. The van der Waals surface area contributed by atoms with Crippen molar-refractivity contribution >= 4 is 44.9 Å². The fourth-order valence-corrected chi connectivity index (χ4v) is 4.06. The molecule has 0 bridgehead atoms. The zero-order chi connectivity index (χ0) is 23.3. The van der Waals surface area contributed by atoms with Crippen LogP contribution >= 0.6 is 11.6 Å². The second-order valence-corrected chi connectivity index (χ2v) is 8.62. The Labute approximate surface area is 190 Å². The molecule has 8 nitrogen and oxygen atoms in total. The molecule has 0 aliphatic rings. The summed E-state index contributed by atoms with van der Waals surface area (Å²) in [7, 11) is -1.35. The van der Waals surface area contributed by atoms with Gasteiger partial charge < -0.3 is 14.8 Å². The van der Waals surface area contributed by atoms with Crippen LogP contribution in [0, 0.1) is 0 Å². The number of hydrogen-bond donors (Lipinski definition) is 2. The van der Waals surface area contributed by atoms with Gasteiger partial charge in [-0.25, -0.2) is 13.2 Å². The number of benzene rings is 3. The van der Waals surface area contributed by atoms with E-state index in [-0.39, 0.29) is 16.1 Å². The van der Waals surface area contributed by atoms with Crippen molar-refractivity contribution < 1.29 is 27.5 Å². The maximum atomic E-state index is 12.9. The lowest BCUT2D eigenvalue weighted by atomic mass is 10.2. The molecular formula is C22H19ClN2O6S. The van der Waals surface area contributed by atoms with Gasteiger partial charge in [0.2, 0.25) is 0 Å². The smallest absolute Gasteiger partial charge is 0.337 e. The van der Waals surface area contributed by atoms with E-state index in [0.717, 1.165) is 0 Å². The SMILES string of the molecule is COC(=O)c1ccc(NC(=O)c2cccc(S(=O)(=O)Nc3cc(Cl)ccc3OC)c2)cc1. The summed E-state index contributed by atoms with van der Waals surface area (Å²) in [5.41, 5.74) is 1.06. The van der Waals surface area contributed by atoms with Gasteiger partial charge in [0, 0.05) is 16.3 Å². The molecular weight excluding hydrogens is 456 g/mol. The topological polar surface area (TPSA) is 111 Å². The molecule has 0 saturated carbocycles. The first kappa shape index (κ1) is 23.1. The summed E-state index contributed by atoms with van der Waals surface area (Å²) in [6.07, 6.45) is 0. The number of nitrogens with one attached hydrogen (secondary N) is 2. The summed E-state index contributed by atoms with van der Waals surface area (Å²) in [5.74, 6) is -0.722. The Hall–Kier alpha value is -3.56. The van der Waals surface area contributed by atoms with E-state index in [1.54, 1.807) is 6.07 Å². The van der Waals surface area contributed by atoms with E-state index in [4.69, 9.17) is 16.3 Å². The van der Waals surface area contributed by atoms with Crippen LogP contribution in [-0.4, -0.2) is 34.5 Å². The summed E-state index contributed by atoms with van der Waals surface area (Å²) in [5, 5.41) is 2.98. The first-order valence-corrected chi connectivity index (χ1v) is 11.1. The normalized spacial score (nSPS) is 10.8. The molecule has 166 valence electrons. The molecule has 0 aromatic heterocycles. The Kier molecular flexibility index (Phi) is 7.01. The van der Waals surface area contributed by atoms with Gasteiger partial charge in [0.15, 0.2) is 0 Å². The van der Waals surface area contributed by atoms with Crippen molar-refractivity contribution in [2.24, 2.45) is 0 Å². The Morgan fingerprint density at radius 3 is 2.28 bits per heavy atom. The van der Waals surface area contributed by atoms with E-state index in [2.05, 4.69) is 14.8 Å². The number of amides is 1. The van der Waals surface area contributed by atoms with Gasteiger partial charge in [0.1, 0.15) is 5.75 Å². The molecule has 3 aromatic rings. The van der Waals surface area contributed by atoms with Crippen molar-refractivity contribution in [3.05, 3.63) is 82.9 Å². The Bertz CT molecular complexity index is 1260. The van der Waals surface area contributed by atoms with Crippen LogP contribution in [0.4, 0.5) is 11.4 Å². The van der Waals surface area contributed by atoms with E-state index in [0.29, 0.717) is 22.0 Å². The van der Waals surface area contributed by atoms with Crippen molar-refractivity contribution in [2.45, 2.75) is 4.90 Å². The molecule has 0 saturated heterocycles. The highest BCUT2D eigenvalue weighted by Crippen LogP contribution is 2.30. The van der Waals surface area contributed by atoms with Crippen LogP contribution < -0.4 is 14.8 Å². The molecule has 0 unspecified atom stereocenters. The van der Waals surface area contributed by atoms with Gasteiger partial charge in [-0.05, 0) is 60.7 Å². The molecule has 0 aliphatic heterocycles. The highest BCUT2D eigenvalue weighted by molar-refractivity contribution is 7.92. The molecule has 0 heterocycles. The number of hydrogen-bond acceptors (Lipinski definition) is 6. The number of anilines is 2. The summed E-state index contributed by atoms with van der Waals surface area (Å²) >= 11 is 5.96. The van der Waals surface area contributed by atoms with Crippen LogP contribution in [0.2, 0.25) is 5.02 Å². The minimum Gasteiger partial charge on any atom is -0.495 e. The third-order valence-electron chi connectivity index (χ3n) is 4.38. The fourth-order valence-electron chi connectivity index (χ4n) is 2.78. The monoisotopic (exact) mass is 474 g/mol. The van der Waals surface area contributed by atoms with Gasteiger partial charge in [0.05, 0.1) is 30.4 Å². The number of carbonyl (C=O) groups excluding carboxylic acids is 2. The molecule has 32 heavy (non-hydrogen) atoms. The van der Waals surface area contributed by atoms with E-state index in [1.165, 1.54) is 74.9 Å². The average molecular weight is 475 g/mol. The molecule has 0 aliphatic carbocycles. The molecule has 1 amide bonds. The van der Waals surface area contributed by atoms with E-state index < -0.39 is 21.9 Å². The molecule has 3 rings (SSSR count). The van der Waals surface area contributed by atoms with Gasteiger partial charge in [-0.2, -0.15) is 0 Å². The van der Waals surface area contributed by atoms with Gasteiger partial charge in [-0.1, -0.05) is 17.7 Å². The lowest BCUT2D eigenvalue weighted by Crippen LogP contribution is -2.16. The summed E-state index contributed by atoms with van der Waals surface area (Å²) in [6.45, 7) is 0. The van der Waals surface area contributed by atoms with Gasteiger partial charge >= 0.3 is 5.97 Å². The summed E-state index contributed by atoms with van der Waals surface area (Å²) in [6, 6.07) is 16.2. The molecule has 0 atom stereocenters. The first-order valence-electron chi connectivity index (χ1n) is 9.19. The quantitative estimate of drug-likeness (QED) is 0.497. The lowest BCUT2D eigenvalue weighted by Gasteiger charge is -2.13. The first-order chi connectivity index (χ1) is 15.2. The summed E-state index contributed by atoms with van der Waals surface area (Å²) in [4.78, 5) is 24.0. The average Bonchev–Trinajstić information content (AvgIpc) is 2.79. The standard InChI is InChI=1S/C22H19ClN2O6S/c1-30-20-11-8-16(23)13-19(20)25-32(28,29)18-5-3-4-15(12-18)21(26)24-17-9-6-14(7-10-17)22(27)31-2/h3-13,25H,1-2H3,(H,24,26). The Morgan fingerprint density at radius 1 is 0.906 bits per heavy atom. The number of sulfonamides is 1. The van der Waals surface area contributed by atoms with Crippen LogP contribution in [0.25, 0.3) is 0 Å². The zero-order valence-corrected chi connectivity index (χ0v) is 18.7. The van der Waals surface area contributed by atoms with Crippen molar-refractivity contribution in [3.63, 3.8) is 0 Å². The number of ether oxygens (including phenoxy) is 2. The second-order valence-electron chi connectivity index (χ2n) is 6.50. The lowest BCUT2D eigenvalue weighted by molar-refractivity contribution is 0.0600. The molecule has 2 N–H and O–H groups in total. The van der Waals surface area contributed by atoms with Crippen LogP contribution in [0.3, 0.4) is 0 Å².